The van der Waals surface area contributed by atoms with Crippen molar-refractivity contribution < 1.29 is 14.6 Å². The lowest BCUT2D eigenvalue weighted by Crippen LogP contribution is -2.33. The molecule has 0 heterocycles. The van der Waals surface area contributed by atoms with Crippen molar-refractivity contribution in [2.24, 2.45) is 0 Å². The Morgan fingerprint density at radius 2 is 2.05 bits per heavy atom. The minimum Gasteiger partial charge on any atom is -0.389 e. The first-order valence-corrected chi connectivity index (χ1v) is 6.43. The number of aliphatic hydroxyl groups excluding tert-OH is 1. The topological polar surface area (TPSA) is 61.8 Å². The molecule has 0 bridgehead atoms. The molecule has 5 heteroatoms. The number of nitrogens with one attached hydrogen (secondary N) is 1. The smallest absolute Gasteiger partial charge is 0.244 e. The Balaban J connectivity index is 2.44. The molecule has 20 heavy (non-hydrogen) atoms. The Kier molecular flexibility index (Phi) is 6.76. The van der Waals surface area contributed by atoms with E-state index in [9.17, 15) is 9.90 Å². The lowest BCUT2D eigenvalue weighted by atomic mass is 10.2. The van der Waals surface area contributed by atoms with Crippen LogP contribution < -0.4 is 10.2 Å². The summed E-state index contributed by atoms with van der Waals surface area (Å²) in [5.41, 5.74) is 2.05. The van der Waals surface area contributed by atoms with Crippen molar-refractivity contribution in [3.8, 4) is 0 Å². The molecule has 5 nitrogen and oxygen atoms in total. The van der Waals surface area contributed by atoms with Crippen LogP contribution in [0.3, 0.4) is 0 Å². The van der Waals surface area contributed by atoms with Crippen LogP contribution in [0.25, 0.3) is 6.08 Å². The zero-order valence-electron chi connectivity index (χ0n) is 12.2. The summed E-state index contributed by atoms with van der Waals surface area (Å²) < 4.78 is 4.77. The molecule has 2 N–H and O–H groups in total. The van der Waals surface area contributed by atoms with Crippen LogP contribution in [-0.4, -0.2) is 51.5 Å². The van der Waals surface area contributed by atoms with Crippen molar-refractivity contribution in [1.82, 2.24) is 5.32 Å². The minimum atomic E-state index is -0.684. The monoisotopic (exact) mass is 278 g/mol. The van der Waals surface area contributed by atoms with Crippen LogP contribution >= 0.6 is 0 Å². The highest BCUT2D eigenvalue weighted by Gasteiger charge is 2.04. The number of hydrogen-bond acceptors (Lipinski definition) is 4. The van der Waals surface area contributed by atoms with E-state index >= 15 is 0 Å². The maximum absolute atomic E-state index is 11.5. The van der Waals surface area contributed by atoms with Gasteiger partial charge in [-0.15, -0.1) is 0 Å². The first-order chi connectivity index (χ1) is 9.52. The number of rotatable bonds is 7. The molecule has 1 amide bonds. The van der Waals surface area contributed by atoms with Gasteiger partial charge in [0.05, 0.1) is 12.7 Å². The molecule has 1 aromatic carbocycles. The van der Waals surface area contributed by atoms with Crippen LogP contribution in [0, 0.1) is 0 Å². The number of anilines is 1. The second-order valence-corrected chi connectivity index (χ2v) is 4.67. The van der Waals surface area contributed by atoms with E-state index < -0.39 is 6.10 Å². The van der Waals surface area contributed by atoms with Gasteiger partial charge in [0.2, 0.25) is 5.91 Å². The lowest BCUT2D eigenvalue weighted by molar-refractivity contribution is -0.117. The third kappa shape index (κ3) is 5.86. The summed E-state index contributed by atoms with van der Waals surface area (Å²) in [6.07, 6.45) is 2.50. The molecule has 0 aliphatic rings. The third-order valence-corrected chi connectivity index (χ3v) is 2.71. The molecule has 0 fully saturated rings. The van der Waals surface area contributed by atoms with Crippen molar-refractivity contribution >= 4 is 17.7 Å². The standard InChI is InChI=1S/C15H22N2O3/c1-17(2)13-7-4-12(5-8-13)6-9-15(19)16-10-14(18)11-20-3/h4-9,14,18H,10-11H2,1-3H3,(H,16,19). The molecular formula is C15H22N2O3. The molecule has 0 aliphatic carbocycles. The van der Waals surface area contributed by atoms with Crippen molar-refractivity contribution in [1.29, 1.82) is 0 Å². The van der Waals surface area contributed by atoms with Gasteiger partial charge in [0.1, 0.15) is 0 Å². The number of amides is 1. The largest absolute Gasteiger partial charge is 0.389 e. The minimum absolute atomic E-state index is 0.177. The van der Waals surface area contributed by atoms with E-state index in [-0.39, 0.29) is 19.1 Å². The van der Waals surface area contributed by atoms with Crippen molar-refractivity contribution in [2.45, 2.75) is 6.10 Å². The van der Waals surface area contributed by atoms with Crippen LogP contribution in [0.1, 0.15) is 5.56 Å². The fourth-order valence-electron chi connectivity index (χ4n) is 1.58. The average Bonchev–Trinajstić information content (AvgIpc) is 2.43. The molecule has 1 atom stereocenters. The fraction of sp³-hybridized carbons (Fsp3) is 0.400. The highest BCUT2D eigenvalue weighted by atomic mass is 16.5. The van der Waals surface area contributed by atoms with Crippen LogP contribution in [0.4, 0.5) is 5.69 Å². The molecule has 0 saturated carbocycles. The van der Waals surface area contributed by atoms with Gasteiger partial charge >= 0.3 is 0 Å². The van der Waals surface area contributed by atoms with E-state index in [4.69, 9.17) is 4.74 Å². The maximum atomic E-state index is 11.5. The number of aliphatic hydroxyl groups is 1. The van der Waals surface area contributed by atoms with Crippen LogP contribution in [0.5, 0.6) is 0 Å². The van der Waals surface area contributed by atoms with E-state index in [0.29, 0.717) is 0 Å². The summed E-state index contributed by atoms with van der Waals surface area (Å²) in [5.74, 6) is -0.239. The van der Waals surface area contributed by atoms with Crippen LogP contribution in [0.2, 0.25) is 0 Å². The molecular weight excluding hydrogens is 256 g/mol. The van der Waals surface area contributed by atoms with Crippen molar-refractivity contribution in [3.05, 3.63) is 35.9 Å². The van der Waals surface area contributed by atoms with Gasteiger partial charge in [-0.2, -0.15) is 0 Å². The van der Waals surface area contributed by atoms with Crippen molar-refractivity contribution in [2.75, 3.05) is 39.3 Å². The first-order valence-electron chi connectivity index (χ1n) is 6.43. The molecule has 0 aromatic heterocycles. The zero-order valence-corrected chi connectivity index (χ0v) is 12.2. The van der Waals surface area contributed by atoms with Crippen LogP contribution in [0.15, 0.2) is 30.3 Å². The van der Waals surface area contributed by atoms with E-state index in [1.54, 1.807) is 6.08 Å². The number of benzene rings is 1. The van der Waals surface area contributed by atoms with Gasteiger partial charge in [-0.05, 0) is 23.8 Å². The second-order valence-electron chi connectivity index (χ2n) is 4.67. The van der Waals surface area contributed by atoms with E-state index in [1.807, 2.05) is 43.3 Å². The molecule has 0 spiro atoms. The highest BCUT2D eigenvalue weighted by Crippen LogP contribution is 2.12. The van der Waals surface area contributed by atoms with Gasteiger partial charge < -0.3 is 20.1 Å². The quantitative estimate of drug-likeness (QED) is 0.727. The van der Waals surface area contributed by atoms with Gasteiger partial charge in [0.15, 0.2) is 0 Å². The number of carbonyl (C=O) groups is 1. The number of hydrogen-bond donors (Lipinski definition) is 2. The number of nitrogens with zero attached hydrogens (tertiary/aromatic N) is 1. The summed E-state index contributed by atoms with van der Waals surface area (Å²) in [6, 6.07) is 7.86. The Bertz CT molecular complexity index is 441. The second kappa shape index (κ2) is 8.35. The van der Waals surface area contributed by atoms with Gasteiger partial charge in [-0.25, -0.2) is 0 Å². The maximum Gasteiger partial charge on any atom is 0.244 e. The van der Waals surface area contributed by atoms with E-state index in [2.05, 4.69) is 5.32 Å². The van der Waals surface area contributed by atoms with Gasteiger partial charge in [-0.1, -0.05) is 12.1 Å². The Labute approximate surface area is 119 Å². The molecule has 0 aliphatic heterocycles. The number of ether oxygens (including phenoxy) is 1. The van der Waals surface area contributed by atoms with E-state index in [1.165, 1.54) is 13.2 Å². The SMILES string of the molecule is COCC(O)CNC(=O)C=Cc1ccc(N(C)C)cc1. The summed E-state index contributed by atoms with van der Waals surface area (Å²) in [6.45, 7) is 0.382. The normalized spacial score (nSPS) is 12.4. The molecule has 0 saturated heterocycles. The average molecular weight is 278 g/mol. The van der Waals surface area contributed by atoms with Gasteiger partial charge in [0.25, 0.3) is 0 Å². The molecule has 1 unspecified atom stereocenters. The Morgan fingerprint density at radius 1 is 1.40 bits per heavy atom. The van der Waals surface area contributed by atoms with Crippen LogP contribution in [-0.2, 0) is 9.53 Å². The molecule has 1 aromatic rings. The zero-order chi connectivity index (χ0) is 15.0. The molecule has 0 radical (unpaired) electrons. The number of carbonyl (C=O) groups excluding carboxylic acids is 1. The molecule has 110 valence electrons. The van der Waals surface area contributed by atoms with E-state index in [0.717, 1.165) is 11.3 Å². The number of methoxy groups -OCH3 is 1. The Hall–Kier alpha value is -1.85. The summed E-state index contributed by atoms with van der Waals surface area (Å²) in [4.78, 5) is 13.6. The first kappa shape index (κ1) is 16.2. The van der Waals surface area contributed by atoms with Gasteiger partial charge in [0, 0.05) is 39.5 Å². The predicted molar refractivity (Wildman–Crippen MR) is 80.7 cm³/mol. The fourth-order valence-corrected chi connectivity index (χ4v) is 1.58. The van der Waals surface area contributed by atoms with Gasteiger partial charge in [-0.3, -0.25) is 4.79 Å². The Morgan fingerprint density at radius 3 is 2.60 bits per heavy atom. The lowest BCUT2D eigenvalue weighted by Gasteiger charge is -2.11. The summed E-state index contributed by atoms with van der Waals surface area (Å²) in [5, 5.41) is 12.0. The summed E-state index contributed by atoms with van der Waals surface area (Å²) >= 11 is 0. The highest BCUT2D eigenvalue weighted by molar-refractivity contribution is 5.91. The molecule has 1 rings (SSSR count). The van der Waals surface area contributed by atoms with Crippen molar-refractivity contribution in [3.63, 3.8) is 0 Å². The predicted octanol–water partition coefficient (Wildman–Crippen LogP) is 0.889. The summed E-state index contributed by atoms with van der Waals surface area (Å²) in [7, 11) is 5.45. The third-order valence-electron chi connectivity index (χ3n) is 2.71.